The lowest BCUT2D eigenvalue weighted by Gasteiger charge is -2.21. The molecule has 0 aromatic carbocycles. The molecule has 1 amide bonds. The fourth-order valence-corrected chi connectivity index (χ4v) is 2.50. The van der Waals surface area contributed by atoms with Gasteiger partial charge in [-0.3, -0.25) is 14.2 Å². The van der Waals surface area contributed by atoms with Crippen molar-refractivity contribution in [3.05, 3.63) is 36.4 Å². The SMILES string of the molecule is Cc1nn(-c2cccnc2)cc1N(CCCCF)C(=O)CCS. The van der Waals surface area contributed by atoms with E-state index in [9.17, 15) is 9.18 Å². The van der Waals surface area contributed by atoms with Crippen LogP contribution in [0.1, 0.15) is 25.0 Å². The molecule has 0 aliphatic heterocycles. The van der Waals surface area contributed by atoms with E-state index in [2.05, 4.69) is 22.7 Å². The number of carbonyl (C=O) groups excluding carboxylic acids is 1. The van der Waals surface area contributed by atoms with Gasteiger partial charge in [-0.15, -0.1) is 0 Å². The summed E-state index contributed by atoms with van der Waals surface area (Å²) in [5.41, 5.74) is 2.33. The van der Waals surface area contributed by atoms with Crippen molar-refractivity contribution >= 4 is 24.2 Å². The summed E-state index contributed by atoms with van der Waals surface area (Å²) in [6.07, 6.45) is 6.63. The summed E-state index contributed by atoms with van der Waals surface area (Å²) in [7, 11) is 0. The Balaban J connectivity index is 2.27. The molecule has 0 saturated heterocycles. The molecule has 0 N–H and O–H groups in total. The number of rotatable bonds is 8. The summed E-state index contributed by atoms with van der Waals surface area (Å²) in [6.45, 7) is 1.97. The number of pyridine rings is 1. The molecule has 0 radical (unpaired) electrons. The van der Waals surface area contributed by atoms with E-state index in [1.54, 1.807) is 22.0 Å². The smallest absolute Gasteiger partial charge is 0.227 e. The molecule has 0 bridgehead atoms. The molecule has 0 atom stereocenters. The Hall–Kier alpha value is -1.89. The monoisotopic (exact) mass is 336 g/mol. The summed E-state index contributed by atoms with van der Waals surface area (Å²) in [6, 6.07) is 3.73. The highest BCUT2D eigenvalue weighted by molar-refractivity contribution is 7.80. The normalized spacial score (nSPS) is 10.7. The van der Waals surface area contributed by atoms with Crippen LogP contribution in [-0.4, -0.2) is 39.6 Å². The molecule has 0 spiro atoms. The highest BCUT2D eigenvalue weighted by atomic mass is 32.1. The Bertz CT molecular complexity index is 632. The minimum Gasteiger partial charge on any atom is -0.309 e. The molecule has 0 fully saturated rings. The third-order valence-electron chi connectivity index (χ3n) is 3.47. The van der Waals surface area contributed by atoms with Crippen LogP contribution in [0.15, 0.2) is 30.7 Å². The van der Waals surface area contributed by atoms with Crippen LogP contribution in [0.2, 0.25) is 0 Å². The number of amides is 1. The van der Waals surface area contributed by atoms with Crippen LogP contribution in [0.4, 0.5) is 10.1 Å². The van der Waals surface area contributed by atoms with E-state index < -0.39 is 0 Å². The first-order chi connectivity index (χ1) is 11.2. The van der Waals surface area contributed by atoms with Gasteiger partial charge in [0.05, 0.1) is 36.1 Å². The van der Waals surface area contributed by atoms with E-state index in [1.807, 2.05) is 25.3 Å². The van der Waals surface area contributed by atoms with Crippen molar-refractivity contribution in [3.8, 4) is 5.69 Å². The first kappa shape index (κ1) is 17.5. The third-order valence-corrected chi connectivity index (χ3v) is 3.69. The zero-order chi connectivity index (χ0) is 16.7. The van der Waals surface area contributed by atoms with Gasteiger partial charge in [0.15, 0.2) is 0 Å². The minimum atomic E-state index is -0.372. The Morgan fingerprint density at radius 2 is 2.26 bits per heavy atom. The molecule has 23 heavy (non-hydrogen) atoms. The van der Waals surface area contributed by atoms with Gasteiger partial charge in [0.2, 0.25) is 5.91 Å². The van der Waals surface area contributed by atoms with Crippen molar-refractivity contribution in [3.63, 3.8) is 0 Å². The lowest BCUT2D eigenvalue weighted by atomic mass is 10.2. The number of unbranched alkanes of at least 4 members (excludes halogenated alkanes) is 1. The van der Waals surface area contributed by atoms with Gasteiger partial charge in [-0.2, -0.15) is 17.7 Å². The number of nitrogens with zero attached hydrogens (tertiary/aromatic N) is 4. The number of hydrogen-bond acceptors (Lipinski definition) is 4. The quantitative estimate of drug-likeness (QED) is 0.595. The molecule has 7 heteroatoms. The van der Waals surface area contributed by atoms with Crippen molar-refractivity contribution in [1.82, 2.24) is 14.8 Å². The number of aromatic nitrogens is 3. The second-order valence-corrected chi connectivity index (χ2v) is 5.62. The molecule has 124 valence electrons. The molecular formula is C16H21FN4OS. The number of aryl methyl sites for hydroxylation is 1. The van der Waals surface area contributed by atoms with Crippen molar-refractivity contribution in [2.45, 2.75) is 26.2 Å². The summed E-state index contributed by atoms with van der Waals surface area (Å²) in [5, 5.41) is 4.46. The lowest BCUT2D eigenvalue weighted by Crippen LogP contribution is -2.32. The van der Waals surface area contributed by atoms with E-state index in [1.165, 1.54) is 0 Å². The topological polar surface area (TPSA) is 51.0 Å². The first-order valence-corrected chi connectivity index (χ1v) is 8.24. The van der Waals surface area contributed by atoms with E-state index in [4.69, 9.17) is 0 Å². The van der Waals surface area contributed by atoms with E-state index in [0.717, 1.165) is 17.1 Å². The van der Waals surface area contributed by atoms with Crippen molar-refractivity contribution in [2.24, 2.45) is 0 Å². The zero-order valence-corrected chi connectivity index (χ0v) is 14.0. The molecule has 2 aromatic heterocycles. The maximum absolute atomic E-state index is 12.4. The minimum absolute atomic E-state index is 0.0207. The maximum Gasteiger partial charge on any atom is 0.227 e. The van der Waals surface area contributed by atoms with Gasteiger partial charge >= 0.3 is 0 Å². The number of alkyl halides is 1. The Labute approximate surface area is 140 Å². The predicted octanol–water partition coefficient (Wildman–Crippen LogP) is 2.98. The fourth-order valence-electron chi connectivity index (χ4n) is 2.31. The summed E-state index contributed by atoms with van der Waals surface area (Å²) < 4.78 is 14.1. The number of anilines is 1. The highest BCUT2D eigenvalue weighted by Gasteiger charge is 2.19. The molecule has 2 rings (SSSR count). The van der Waals surface area contributed by atoms with Crippen molar-refractivity contribution in [2.75, 3.05) is 23.9 Å². The number of halogens is 1. The molecule has 2 heterocycles. The van der Waals surface area contributed by atoms with Gasteiger partial charge in [-0.1, -0.05) is 0 Å². The number of hydrogen-bond donors (Lipinski definition) is 1. The van der Waals surface area contributed by atoms with Crippen LogP contribution >= 0.6 is 12.6 Å². The van der Waals surface area contributed by atoms with Crippen molar-refractivity contribution in [1.29, 1.82) is 0 Å². The number of carbonyl (C=O) groups is 1. The van der Waals surface area contributed by atoms with Gasteiger partial charge in [0.1, 0.15) is 0 Å². The molecule has 0 aliphatic carbocycles. The predicted molar refractivity (Wildman–Crippen MR) is 92.1 cm³/mol. The second-order valence-electron chi connectivity index (χ2n) is 5.17. The van der Waals surface area contributed by atoms with Gasteiger partial charge in [-0.05, 0) is 37.7 Å². The van der Waals surface area contributed by atoms with Crippen molar-refractivity contribution < 1.29 is 9.18 Å². The van der Waals surface area contributed by atoms with Crippen LogP contribution < -0.4 is 4.90 Å². The molecule has 0 aliphatic rings. The average molecular weight is 336 g/mol. The van der Waals surface area contributed by atoms with Gasteiger partial charge in [0, 0.05) is 19.2 Å². The second kappa shape index (κ2) is 8.67. The first-order valence-electron chi connectivity index (χ1n) is 7.61. The average Bonchev–Trinajstić information content (AvgIpc) is 2.94. The van der Waals surface area contributed by atoms with Crippen LogP contribution in [0.5, 0.6) is 0 Å². The number of thiol groups is 1. The molecule has 2 aromatic rings. The Morgan fingerprint density at radius 1 is 1.43 bits per heavy atom. The third kappa shape index (κ3) is 4.54. The zero-order valence-electron chi connectivity index (χ0n) is 13.2. The van der Waals surface area contributed by atoms with Crippen LogP contribution in [0.25, 0.3) is 5.69 Å². The van der Waals surface area contributed by atoms with E-state index in [0.29, 0.717) is 31.6 Å². The van der Waals surface area contributed by atoms with Crippen LogP contribution in [0.3, 0.4) is 0 Å². The summed E-state index contributed by atoms with van der Waals surface area (Å²) in [4.78, 5) is 18.1. The van der Waals surface area contributed by atoms with E-state index >= 15 is 0 Å². The van der Waals surface area contributed by atoms with Gasteiger partial charge in [0.25, 0.3) is 0 Å². The van der Waals surface area contributed by atoms with Gasteiger partial charge in [-0.25, -0.2) is 4.68 Å². The Kier molecular flexibility index (Phi) is 6.58. The maximum atomic E-state index is 12.4. The summed E-state index contributed by atoms with van der Waals surface area (Å²) in [5.74, 6) is 0.460. The Morgan fingerprint density at radius 3 is 2.91 bits per heavy atom. The molecule has 0 unspecified atom stereocenters. The summed E-state index contributed by atoms with van der Waals surface area (Å²) >= 11 is 4.13. The van der Waals surface area contributed by atoms with E-state index in [-0.39, 0.29) is 12.6 Å². The largest absolute Gasteiger partial charge is 0.309 e. The molecule has 5 nitrogen and oxygen atoms in total. The lowest BCUT2D eigenvalue weighted by molar-refractivity contribution is -0.118. The van der Waals surface area contributed by atoms with Gasteiger partial charge < -0.3 is 4.90 Å². The van der Waals surface area contributed by atoms with Crippen LogP contribution in [0, 0.1) is 6.92 Å². The fraction of sp³-hybridized carbons (Fsp3) is 0.438. The van der Waals surface area contributed by atoms with Crippen LogP contribution in [-0.2, 0) is 4.79 Å². The highest BCUT2D eigenvalue weighted by Crippen LogP contribution is 2.22. The standard InChI is InChI=1S/C16H21FN4OS/c1-13-15(12-21(19-13)14-5-4-8-18-11-14)20(9-3-2-7-17)16(22)6-10-23/h4-5,8,11-12,23H,2-3,6-7,9-10H2,1H3. The molecule has 0 saturated carbocycles. The molecular weight excluding hydrogens is 315 g/mol.